The summed E-state index contributed by atoms with van der Waals surface area (Å²) in [7, 11) is 1.58. The van der Waals surface area contributed by atoms with Crippen LogP contribution in [0.15, 0.2) is 36.4 Å². The number of amides is 2. The number of benzene rings is 2. The van der Waals surface area contributed by atoms with Crippen LogP contribution in [-0.2, 0) is 32.0 Å². The number of carbonyl (C=O) groups excluding carboxylic acids is 3. The first kappa shape index (κ1) is 25.5. The molecular weight excluding hydrogens is 462 g/mol. The quantitative estimate of drug-likeness (QED) is 0.326. The molecule has 0 N–H and O–H groups in total. The molecule has 8 nitrogen and oxygen atoms in total. The lowest BCUT2D eigenvalue weighted by Crippen LogP contribution is -2.33. The number of nitrogens with zero attached hydrogens (tertiary/aromatic N) is 1. The predicted octanol–water partition coefficient (Wildman–Crippen LogP) is 3.83. The molecule has 2 amide bonds. The molecular formula is C28H33NO7. The smallest absolute Gasteiger partial charge is 0.306 e. The Kier molecular flexibility index (Phi) is 8.46. The largest absolute Gasteiger partial charge is 0.493 e. The molecule has 0 spiro atoms. The minimum absolute atomic E-state index is 0.0207. The van der Waals surface area contributed by atoms with E-state index in [1.54, 1.807) is 7.11 Å². The number of likely N-dealkylation sites (tertiary alicyclic amines) is 1. The van der Waals surface area contributed by atoms with Crippen molar-refractivity contribution in [2.75, 3.05) is 33.5 Å². The van der Waals surface area contributed by atoms with E-state index in [0.717, 1.165) is 36.1 Å². The summed E-state index contributed by atoms with van der Waals surface area (Å²) in [5.41, 5.74) is 3.36. The van der Waals surface area contributed by atoms with E-state index < -0.39 is 0 Å². The van der Waals surface area contributed by atoms with Gasteiger partial charge in [-0.1, -0.05) is 18.2 Å². The molecule has 36 heavy (non-hydrogen) atoms. The van der Waals surface area contributed by atoms with E-state index in [-0.39, 0.29) is 49.7 Å². The molecule has 2 aromatic carbocycles. The van der Waals surface area contributed by atoms with E-state index in [9.17, 15) is 14.4 Å². The van der Waals surface area contributed by atoms with Gasteiger partial charge in [-0.15, -0.1) is 0 Å². The molecule has 1 fully saturated rings. The van der Waals surface area contributed by atoms with Crippen LogP contribution in [0.2, 0.25) is 0 Å². The van der Waals surface area contributed by atoms with Gasteiger partial charge in [-0.3, -0.25) is 19.3 Å². The summed E-state index contributed by atoms with van der Waals surface area (Å²) in [6, 6.07) is 11.9. The number of carbonyl (C=O) groups is 3. The van der Waals surface area contributed by atoms with Crippen LogP contribution < -0.4 is 14.2 Å². The Hall–Kier alpha value is -3.55. The number of methoxy groups -OCH3 is 1. The molecule has 4 rings (SSSR count). The van der Waals surface area contributed by atoms with Crippen LogP contribution in [0.3, 0.4) is 0 Å². The Morgan fingerprint density at radius 2 is 1.86 bits per heavy atom. The van der Waals surface area contributed by atoms with E-state index in [0.29, 0.717) is 31.1 Å². The van der Waals surface area contributed by atoms with Crippen LogP contribution in [0.4, 0.5) is 0 Å². The maximum Gasteiger partial charge on any atom is 0.306 e. The highest BCUT2D eigenvalue weighted by Crippen LogP contribution is 2.34. The van der Waals surface area contributed by atoms with E-state index in [2.05, 4.69) is 6.07 Å². The molecule has 2 aromatic rings. The lowest BCUT2D eigenvalue weighted by atomic mass is 9.88. The van der Waals surface area contributed by atoms with Gasteiger partial charge >= 0.3 is 5.97 Å². The van der Waals surface area contributed by atoms with E-state index in [4.69, 9.17) is 18.9 Å². The second-order valence-electron chi connectivity index (χ2n) is 8.98. The minimum atomic E-state index is -0.199. The standard InChI is InChI=1S/C28H33NO7/c1-3-34-28(32)18-21(20-7-9-23-22(17-20)12-14-35-23)6-4-19-5-8-24(25(16-19)33-2)36-15-13-29-26(30)10-11-27(29)31/h5,7-9,16-17,21H,3-4,6,10-15,18H2,1-2H3. The first-order valence-electron chi connectivity index (χ1n) is 12.5. The zero-order valence-corrected chi connectivity index (χ0v) is 20.9. The SMILES string of the molecule is CCOC(=O)CC(CCc1ccc(OCCN2C(=O)CCC2=O)c(OC)c1)c1ccc2c(c1)CCO2. The Bertz CT molecular complexity index is 1100. The average molecular weight is 496 g/mol. The predicted molar refractivity (Wildman–Crippen MR) is 132 cm³/mol. The number of fused-ring (bicyclic) bond motifs is 1. The van der Waals surface area contributed by atoms with Gasteiger partial charge in [0.15, 0.2) is 11.5 Å². The molecule has 8 heteroatoms. The van der Waals surface area contributed by atoms with E-state index in [1.165, 1.54) is 10.5 Å². The number of hydrogen-bond acceptors (Lipinski definition) is 7. The first-order valence-corrected chi connectivity index (χ1v) is 12.5. The van der Waals surface area contributed by atoms with Crippen molar-refractivity contribution in [2.45, 2.75) is 51.4 Å². The van der Waals surface area contributed by atoms with Crippen molar-refractivity contribution < 1.29 is 33.3 Å². The fourth-order valence-corrected chi connectivity index (χ4v) is 4.71. The zero-order valence-electron chi connectivity index (χ0n) is 20.9. The van der Waals surface area contributed by atoms with Crippen LogP contribution >= 0.6 is 0 Å². The average Bonchev–Trinajstić information content (AvgIpc) is 3.48. The third kappa shape index (κ3) is 6.17. The van der Waals surface area contributed by atoms with Crippen LogP contribution in [-0.4, -0.2) is 56.2 Å². The molecule has 2 heterocycles. The molecule has 0 bridgehead atoms. The number of rotatable bonds is 12. The molecule has 0 aromatic heterocycles. The maximum absolute atomic E-state index is 12.3. The molecule has 0 aliphatic carbocycles. The molecule has 0 radical (unpaired) electrons. The lowest BCUT2D eigenvalue weighted by Gasteiger charge is -2.19. The van der Waals surface area contributed by atoms with Crippen LogP contribution in [0.1, 0.15) is 55.2 Å². The van der Waals surface area contributed by atoms with Gasteiger partial charge in [-0.05, 0) is 60.6 Å². The van der Waals surface area contributed by atoms with Crippen molar-refractivity contribution in [2.24, 2.45) is 0 Å². The Balaban J connectivity index is 1.40. The molecule has 2 aliphatic rings. The zero-order chi connectivity index (χ0) is 25.5. The molecule has 1 unspecified atom stereocenters. The fraction of sp³-hybridized carbons (Fsp3) is 0.464. The van der Waals surface area contributed by atoms with Gasteiger partial charge < -0.3 is 18.9 Å². The third-order valence-corrected chi connectivity index (χ3v) is 6.64. The summed E-state index contributed by atoms with van der Waals surface area (Å²) >= 11 is 0. The molecule has 2 aliphatic heterocycles. The number of esters is 1. The summed E-state index contributed by atoms with van der Waals surface area (Å²) < 4.78 is 22.2. The van der Waals surface area contributed by atoms with Crippen molar-refractivity contribution in [3.05, 3.63) is 53.1 Å². The molecule has 1 atom stereocenters. The summed E-state index contributed by atoms with van der Waals surface area (Å²) in [5.74, 6) is 1.58. The van der Waals surface area contributed by atoms with Gasteiger partial charge in [-0.25, -0.2) is 0 Å². The Morgan fingerprint density at radius 3 is 2.61 bits per heavy atom. The van der Waals surface area contributed by atoms with Gasteiger partial charge in [0.25, 0.3) is 0 Å². The second-order valence-corrected chi connectivity index (χ2v) is 8.98. The van der Waals surface area contributed by atoms with Crippen LogP contribution in [0.5, 0.6) is 17.2 Å². The van der Waals surface area contributed by atoms with Gasteiger partial charge in [0.1, 0.15) is 12.4 Å². The Labute approximate surface area is 211 Å². The van der Waals surface area contributed by atoms with Crippen molar-refractivity contribution in [1.82, 2.24) is 4.90 Å². The summed E-state index contributed by atoms with van der Waals surface area (Å²) in [6.45, 7) is 3.31. The fourth-order valence-electron chi connectivity index (χ4n) is 4.71. The monoisotopic (exact) mass is 495 g/mol. The first-order chi connectivity index (χ1) is 17.5. The Morgan fingerprint density at radius 1 is 1.06 bits per heavy atom. The molecule has 1 saturated heterocycles. The second kappa shape index (κ2) is 11.9. The van der Waals surface area contributed by atoms with Crippen molar-refractivity contribution in [3.8, 4) is 17.2 Å². The summed E-state index contributed by atoms with van der Waals surface area (Å²) in [5, 5.41) is 0. The van der Waals surface area contributed by atoms with Crippen molar-refractivity contribution >= 4 is 17.8 Å². The van der Waals surface area contributed by atoms with Crippen LogP contribution in [0.25, 0.3) is 0 Å². The van der Waals surface area contributed by atoms with E-state index >= 15 is 0 Å². The van der Waals surface area contributed by atoms with Gasteiger partial charge in [0.05, 0.1) is 33.3 Å². The topological polar surface area (TPSA) is 91.4 Å². The molecule has 0 saturated carbocycles. The lowest BCUT2D eigenvalue weighted by molar-refractivity contribution is -0.143. The third-order valence-electron chi connectivity index (χ3n) is 6.64. The summed E-state index contributed by atoms with van der Waals surface area (Å²) in [4.78, 5) is 37.1. The van der Waals surface area contributed by atoms with E-state index in [1.807, 2.05) is 37.3 Å². The minimum Gasteiger partial charge on any atom is -0.493 e. The maximum atomic E-state index is 12.3. The number of imide groups is 1. The van der Waals surface area contributed by atoms with Gasteiger partial charge in [-0.2, -0.15) is 0 Å². The van der Waals surface area contributed by atoms with Crippen molar-refractivity contribution in [1.29, 1.82) is 0 Å². The highest BCUT2D eigenvalue weighted by Gasteiger charge is 2.28. The normalized spacial score (nSPS) is 15.4. The highest BCUT2D eigenvalue weighted by molar-refractivity contribution is 6.01. The van der Waals surface area contributed by atoms with Crippen molar-refractivity contribution in [3.63, 3.8) is 0 Å². The van der Waals surface area contributed by atoms with Crippen LogP contribution in [0, 0.1) is 0 Å². The highest BCUT2D eigenvalue weighted by atomic mass is 16.5. The number of hydrogen-bond donors (Lipinski definition) is 0. The number of aryl methyl sites for hydroxylation is 1. The van der Waals surface area contributed by atoms with Gasteiger partial charge in [0.2, 0.25) is 11.8 Å². The number of ether oxygens (including phenoxy) is 4. The van der Waals surface area contributed by atoms with Gasteiger partial charge in [0, 0.05) is 19.3 Å². The summed E-state index contributed by atoms with van der Waals surface area (Å²) in [6.07, 6.45) is 3.25. The molecule has 192 valence electrons.